The molecule has 0 unspecified atom stereocenters. The summed E-state index contributed by atoms with van der Waals surface area (Å²) in [5.74, 6) is -2.03. The first-order valence-electron chi connectivity index (χ1n) is 6.47. The van der Waals surface area contributed by atoms with Gasteiger partial charge in [0.1, 0.15) is 6.04 Å². The molecule has 1 atom stereocenters. The van der Waals surface area contributed by atoms with E-state index in [4.69, 9.17) is 11.5 Å². The summed E-state index contributed by atoms with van der Waals surface area (Å²) in [6.45, 7) is 5.47. The van der Waals surface area contributed by atoms with Crippen LogP contribution in [0.2, 0.25) is 0 Å². The second-order valence-electron chi connectivity index (χ2n) is 4.46. The molecular formula is C13H23N3O3. The SMILES string of the molecule is C=C(C(N)=O)[C@@H](NC(=O)CCCCCCC)C(N)=O. The molecule has 0 aliphatic carbocycles. The highest BCUT2D eigenvalue weighted by Crippen LogP contribution is 2.06. The van der Waals surface area contributed by atoms with E-state index >= 15 is 0 Å². The largest absolute Gasteiger partial charge is 0.368 e. The van der Waals surface area contributed by atoms with E-state index in [9.17, 15) is 14.4 Å². The monoisotopic (exact) mass is 269 g/mol. The number of nitrogens with two attached hydrogens (primary N) is 2. The fourth-order valence-corrected chi connectivity index (χ4v) is 1.59. The Morgan fingerprint density at radius 3 is 2.16 bits per heavy atom. The van der Waals surface area contributed by atoms with Crippen molar-refractivity contribution in [2.45, 2.75) is 51.5 Å². The van der Waals surface area contributed by atoms with Gasteiger partial charge in [-0.2, -0.15) is 0 Å². The minimum Gasteiger partial charge on any atom is -0.368 e. The summed E-state index contributed by atoms with van der Waals surface area (Å²) < 4.78 is 0. The number of unbranched alkanes of at least 4 members (excludes halogenated alkanes) is 4. The van der Waals surface area contributed by atoms with Gasteiger partial charge in [-0.15, -0.1) is 0 Å². The maximum atomic E-state index is 11.6. The Balaban J connectivity index is 4.15. The molecule has 0 spiro atoms. The van der Waals surface area contributed by atoms with Crippen LogP contribution in [0.15, 0.2) is 12.2 Å². The number of primary amides is 2. The van der Waals surface area contributed by atoms with E-state index < -0.39 is 17.9 Å². The predicted molar refractivity (Wildman–Crippen MR) is 72.8 cm³/mol. The molecule has 0 saturated heterocycles. The zero-order valence-corrected chi connectivity index (χ0v) is 11.4. The number of carbonyl (C=O) groups excluding carboxylic acids is 3. The number of hydrogen-bond acceptors (Lipinski definition) is 3. The molecule has 0 aliphatic heterocycles. The molecule has 5 N–H and O–H groups in total. The van der Waals surface area contributed by atoms with E-state index in [-0.39, 0.29) is 11.5 Å². The van der Waals surface area contributed by atoms with Crippen molar-refractivity contribution in [1.82, 2.24) is 5.32 Å². The molecule has 0 radical (unpaired) electrons. The third-order valence-electron chi connectivity index (χ3n) is 2.76. The van der Waals surface area contributed by atoms with Crippen molar-refractivity contribution in [3.63, 3.8) is 0 Å². The third-order valence-corrected chi connectivity index (χ3v) is 2.76. The maximum Gasteiger partial charge on any atom is 0.246 e. The van der Waals surface area contributed by atoms with Gasteiger partial charge < -0.3 is 16.8 Å². The molecule has 0 aliphatic rings. The zero-order chi connectivity index (χ0) is 14.8. The van der Waals surface area contributed by atoms with E-state index in [0.29, 0.717) is 6.42 Å². The highest BCUT2D eigenvalue weighted by molar-refractivity contribution is 6.02. The summed E-state index contributed by atoms with van der Waals surface area (Å²) in [7, 11) is 0. The number of carbonyl (C=O) groups is 3. The fraction of sp³-hybridized carbons (Fsp3) is 0.615. The number of rotatable bonds is 10. The summed E-state index contributed by atoms with van der Waals surface area (Å²) in [5.41, 5.74) is 9.90. The number of nitrogens with one attached hydrogen (secondary N) is 1. The lowest BCUT2D eigenvalue weighted by atomic mass is 10.1. The lowest BCUT2D eigenvalue weighted by Gasteiger charge is -2.15. The van der Waals surface area contributed by atoms with Crippen LogP contribution in [0, 0.1) is 0 Å². The summed E-state index contributed by atoms with van der Waals surface area (Å²) in [6, 6.07) is -1.22. The van der Waals surface area contributed by atoms with Crippen LogP contribution in [0.3, 0.4) is 0 Å². The Morgan fingerprint density at radius 2 is 1.68 bits per heavy atom. The van der Waals surface area contributed by atoms with Crippen molar-refractivity contribution in [3.8, 4) is 0 Å². The maximum absolute atomic E-state index is 11.6. The van der Waals surface area contributed by atoms with Crippen LogP contribution in [0.1, 0.15) is 45.4 Å². The first kappa shape index (κ1) is 17.2. The quantitative estimate of drug-likeness (QED) is 0.392. The molecule has 0 aromatic rings. The Hall–Kier alpha value is -1.85. The van der Waals surface area contributed by atoms with Crippen molar-refractivity contribution < 1.29 is 14.4 Å². The number of amides is 3. The average molecular weight is 269 g/mol. The average Bonchev–Trinajstić information content (AvgIpc) is 2.34. The third kappa shape index (κ3) is 7.23. The lowest BCUT2D eigenvalue weighted by Crippen LogP contribution is -2.48. The van der Waals surface area contributed by atoms with E-state index in [1.807, 2.05) is 0 Å². The van der Waals surface area contributed by atoms with Crippen molar-refractivity contribution in [2.75, 3.05) is 0 Å². The van der Waals surface area contributed by atoms with E-state index in [1.165, 1.54) is 0 Å². The molecule has 108 valence electrons. The highest BCUT2D eigenvalue weighted by atomic mass is 16.2. The minimum absolute atomic E-state index is 0.202. The molecule has 0 rings (SSSR count). The highest BCUT2D eigenvalue weighted by Gasteiger charge is 2.24. The van der Waals surface area contributed by atoms with Gasteiger partial charge in [0.05, 0.1) is 0 Å². The van der Waals surface area contributed by atoms with Gasteiger partial charge >= 0.3 is 0 Å². The summed E-state index contributed by atoms with van der Waals surface area (Å²) in [6.07, 6.45) is 5.34. The second kappa shape index (κ2) is 9.13. The normalized spacial score (nSPS) is 11.6. The summed E-state index contributed by atoms with van der Waals surface area (Å²) in [4.78, 5) is 33.7. The molecule has 0 fully saturated rings. The van der Waals surface area contributed by atoms with Crippen molar-refractivity contribution in [3.05, 3.63) is 12.2 Å². The van der Waals surface area contributed by atoms with Gasteiger partial charge in [-0.3, -0.25) is 14.4 Å². The number of hydrogen-bond donors (Lipinski definition) is 3. The van der Waals surface area contributed by atoms with Crippen molar-refractivity contribution >= 4 is 17.7 Å². The van der Waals surface area contributed by atoms with Crippen LogP contribution in [0.25, 0.3) is 0 Å². The van der Waals surface area contributed by atoms with E-state index in [0.717, 1.165) is 32.1 Å². The van der Waals surface area contributed by atoms with Crippen LogP contribution >= 0.6 is 0 Å². The molecule has 6 heteroatoms. The standard InChI is InChI=1S/C13H23N3O3/c1-3-4-5-6-7-8-10(17)16-11(13(15)19)9(2)12(14)18/h11H,2-8H2,1H3,(H2,14,18)(H2,15,19)(H,16,17)/t11-/m1/s1. The van der Waals surface area contributed by atoms with Crippen LogP contribution in [-0.4, -0.2) is 23.8 Å². The first-order chi connectivity index (χ1) is 8.90. The van der Waals surface area contributed by atoms with Gasteiger partial charge in [-0.05, 0) is 6.42 Å². The lowest BCUT2D eigenvalue weighted by molar-refractivity contribution is -0.127. The molecule has 3 amide bonds. The second-order valence-corrected chi connectivity index (χ2v) is 4.46. The molecule has 0 aromatic heterocycles. The van der Waals surface area contributed by atoms with Crippen molar-refractivity contribution in [1.29, 1.82) is 0 Å². The van der Waals surface area contributed by atoms with E-state index in [1.54, 1.807) is 0 Å². The van der Waals surface area contributed by atoms with Crippen LogP contribution in [0.4, 0.5) is 0 Å². The van der Waals surface area contributed by atoms with Crippen LogP contribution in [0.5, 0.6) is 0 Å². The Morgan fingerprint density at radius 1 is 1.11 bits per heavy atom. The van der Waals surface area contributed by atoms with Gasteiger partial charge in [0.25, 0.3) is 0 Å². The predicted octanol–water partition coefficient (Wildman–Crippen LogP) is 0.358. The van der Waals surface area contributed by atoms with E-state index in [2.05, 4.69) is 18.8 Å². The molecule has 0 bridgehead atoms. The Labute approximate surface area is 113 Å². The minimum atomic E-state index is -1.22. The van der Waals surface area contributed by atoms with Crippen LogP contribution in [-0.2, 0) is 14.4 Å². The molecule has 0 saturated carbocycles. The topological polar surface area (TPSA) is 115 Å². The van der Waals surface area contributed by atoms with Gasteiger partial charge in [-0.1, -0.05) is 39.2 Å². The van der Waals surface area contributed by atoms with Gasteiger partial charge in [0.2, 0.25) is 17.7 Å². The Bertz CT molecular complexity index is 353. The Kier molecular flexibility index (Phi) is 8.24. The first-order valence-corrected chi connectivity index (χ1v) is 6.47. The molecule has 0 heterocycles. The van der Waals surface area contributed by atoms with Gasteiger partial charge in [0.15, 0.2) is 0 Å². The summed E-state index contributed by atoms with van der Waals surface area (Å²) >= 11 is 0. The zero-order valence-electron chi connectivity index (χ0n) is 11.4. The summed E-state index contributed by atoms with van der Waals surface area (Å²) in [5, 5.41) is 2.37. The molecule has 0 aromatic carbocycles. The van der Waals surface area contributed by atoms with Crippen molar-refractivity contribution in [2.24, 2.45) is 11.5 Å². The van der Waals surface area contributed by atoms with Gasteiger partial charge in [0, 0.05) is 12.0 Å². The molecular weight excluding hydrogens is 246 g/mol. The van der Waals surface area contributed by atoms with Gasteiger partial charge in [-0.25, -0.2) is 0 Å². The molecule has 19 heavy (non-hydrogen) atoms. The fourth-order valence-electron chi connectivity index (χ4n) is 1.59. The van der Waals surface area contributed by atoms with Crippen LogP contribution < -0.4 is 16.8 Å². The smallest absolute Gasteiger partial charge is 0.246 e. The molecule has 6 nitrogen and oxygen atoms in total.